The fourth-order valence-corrected chi connectivity index (χ4v) is 1.81. The molecule has 0 atom stereocenters. The number of aryl methyl sites for hydroxylation is 1. The van der Waals surface area contributed by atoms with Crippen molar-refractivity contribution in [1.29, 1.82) is 0 Å². The topological polar surface area (TPSA) is 29.9 Å². The highest BCUT2D eigenvalue weighted by molar-refractivity contribution is 5.35. The zero-order chi connectivity index (χ0) is 11.4. The normalized spacial score (nSPS) is 10.6. The van der Waals surface area contributed by atoms with Gasteiger partial charge in [-0.2, -0.15) is 0 Å². The van der Waals surface area contributed by atoms with Crippen LogP contribution in [0.3, 0.4) is 0 Å². The number of rotatable bonds is 4. The molecule has 2 aromatic rings. The van der Waals surface area contributed by atoms with Crippen LogP contribution in [0, 0.1) is 0 Å². The summed E-state index contributed by atoms with van der Waals surface area (Å²) in [5.74, 6) is 1.10. The van der Waals surface area contributed by atoms with Crippen molar-refractivity contribution in [3.8, 4) is 5.69 Å². The van der Waals surface area contributed by atoms with E-state index < -0.39 is 0 Å². The van der Waals surface area contributed by atoms with Crippen LogP contribution in [0.15, 0.2) is 36.7 Å². The van der Waals surface area contributed by atoms with Gasteiger partial charge in [-0.05, 0) is 24.7 Å². The predicted molar refractivity (Wildman–Crippen MR) is 65.7 cm³/mol. The van der Waals surface area contributed by atoms with E-state index in [1.807, 2.05) is 19.4 Å². The molecule has 1 aromatic heterocycles. The fourth-order valence-electron chi connectivity index (χ4n) is 1.81. The fraction of sp³-hybridized carbons (Fsp3) is 0.308. The third-order valence-electron chi connectivity index (χ3n) is 2.63. The second kappa shape index (κ2) is 4.94. The maximum Gasteiger partial charge on any atom is 0.112 e. The highest BCUT2D eigenvalue weighted by atomic mass is 15.1. The van der Waals surface area contributed by atoms with Crippen molar-refractivity contribution >= 4 is 0 Å². The first-order chi connectivity index (χ1) is 7.85. The Hall–Kier alpha value is -1.61. The lowest BCUT2D eigenvalue weighted by Crippen LogP contribution is -2.05. The number of benzene rings is 1. The highest BCUT2D eigenvalue weighted by Gasteiger charge is 2.02. The Kier molecular flexibility index (Phi) is 3.37. The molecule has 0 saturated heterocycles. The minimum Gasteiger partial charge on any atom is -0.316 e. The molecule has 0 spiro atoms. The summed E-state index contributed by atoms with van der Waals surface area (Å²) < 4.78 is 2.13. The molecule has 3 heteroatoms. The zero-order valence-corrected chi connectivity index (χ0v) is 9.77. The van der Waals surface area contributed by atoms with Crippen LogP contribution in [0.5, 0.6) is 0 Å². The van der Waals surface area contributed by atoms with Gasteiger partial charge in [0.1, 0.15) is 5.82 Å². The molecule has 1 N–H and O–H groups in total. The molecule has 0 aliphatic heterocycles. The number of imidazole rings is 1. The van der Waals surface area contributed by atoms with Gasteiger partial charge >= 0.3 is 0 Å². The van der Waals surface area contributed by atoms with E-state index >= 15 is 0 Å². The highest BCUT2D eigenvalue weighted by Crippen LogP contribution is 2.12. The SMILES string of the molecule is CCc1nccn1-c1ccc(CNC)cc1. The van der Waals surface area contributed by atoms with Gasteiger partial charge in [-0.25, -0.2) is 4.98 Å². The summed E-state index contributed by atoms with van der Waals surface area (Å²) in [5, 5.41) is 3.14. The molecule has 0 aliphatic rings. The Morgan fingerprint density at radius 2 is 2.00 bits per heavy atom. The lowest BCUT2D eigenvalue weighted by atomic mass is 10.2. The number of hydrogen-bond donors (Lipinski definition) is 1. The van der Waals surface area contributed by atoms with E-state index in [0.717, 1.165) is 18.8 Å². The summed E-state index contributed by atoms with van der Waals surface area (Å²) in [6.07, 6.45) is 4.80. The van der Waals surface area contributed by atoms with E-state index in [9.17, 15) is 0 Å². The van der Waals surface area contributed by atoms with Gasteiger partial charge in [0.05, 0.1) is 0 Å². The van der Waals surface area contributed by atoms with Crippen LogP contribution in [0.2, 0.25) is 0 Å². The number of hydrogen-bond acceptors (Lipinski definition) is 2. The third-order valence-corrected chi connectivity index (χ3v) is 2.63. The summed E-state index contributed by atoms with van der Waals surface area (Å²) in [5.41, 5.74) is 2.47. The second-order valence-corrected chi connectivity index (χ2v) is 3.76. The Balaban J connectivity index is 2.27. The van der Waals surface area contributed by atoms with Crippen LogP contribution < -0.4 is 5.32 Å². The molecule has 0 fully saturated rings. The largest absolute Gasteiger partial charge is 0.316 e. The average molecular weight is 215 g/mol. The lowest BCUT2D eigenvalue weighted by molar-refractivity contribution is 0.816. The summed E-state index contributed by atoms with van der Waals surface area (Å²) >= 11 is 0. The minimum atomic E-state index is 0.908. The van der Waals surface area contributed by atoms with Gasteiger partial charge in [0.15, 0.2) is 0 Å². The van der Waals surface area contributed by atoms with Gasteiger partial charge in [0.2, 0.25) is 0 Å². The van der Waals surface area contributed by atoms with E-state index in [1.54, 1.807) is 0 Å². The van der Waals surface area contributed by atoms with Gasteiger partial charge in [-0.15, -0.1) is 0 Å². The Labute approximate surface area is 96.1 Å². The van der Waals surface area contributed by atoms with E-state index in [2.05, 4.69) is 46.1 Å². The monoisotopic (exact) mass is 215 g/mol. The van der Waals surface area contributed by atoms with Gasteiger partial charge in [0.25, 0.3) is 0 Å². The lowest BCUT2D eigenvalue weighted by Gasteiger charge is -2.07. The van der Waals surface area contributed by atoms with Crippen LogP contribution in [0.4, 0.5) is 0 Å². The van der Waals surface area contributed by atoms with Crippen molar-refractivity contribution in [2.75, 3.05) is 7.05 Å². The molecular weight excluding hydrogens is 198 g/mol. The summed E-state index contributed by atoms with van der Waals surface area (Å²) in [7, 11) is 1.96. The van der Waals surface area contributed by atoms with E-state index in [-0.39, 0.29) is 0 Å². The predicted octanol–water partition coefficient (Wildman–Crippen LogP) is 2.15. The molecule has 0 amide bonds. The van der Waals surface area contributed by atoms with Crippen molar-refractivity contribution in [3.63, 3.8) is 0 Å². The Bertz CT molecular complexity index is 442. The molecule has 16 heavy (non-hydrogen) atoms. The molecule has 2 rings (SSSR count). The van der Waals surface area contributed by atoms with E-state index in [0.29, 0.717) is 0 Å². The molecule has 0 aliphatic carbocycles. The first-order valence-corrected chi connectivity index (χ1v) is 5.61. The number of nitrogens with zero attached hydrogens (tertiary/aromatic N) is 2. The van der Waals surface area contributed by atoms with Crippen LogP contribution in [-0.2, 0) is 13.0 Å². The van der Waals surface area contributed by atoms with Crippen LogP contribution in [0.1, 0.15) is 18.3 Å². The van der Waals surface area contributed by atoms with Crippen LogP contribution in [0.25, 0.3) is 5.69 Å². The minimum absolute atomic E-state index is 0.908. The average Bonchev–Trinajstić information content (AvgIpc) is 2.78. The first-order valence-electron chi connectivity index (χ1n) is 5.61. The Morgan fingerprint density at radius 3 is 2.62 bits per heavy atom. The molecule has 0 bridgehead atoms. The molecule has 0 radical (unpaired) electrons. The molecule has 1 aromatic carbocycles. The molecule has 0 saturated carbocycles. The standard InChI is InChI=1S/C13H17N3/c1-3-13-15-8-9-16(13)12-6-4-11(5-7-12)10-14-2/h4-9,14H,3,10H2,1-2H3. The number of aromatic nitrogens is 2. The van der Waals surface area contributed by atoms with Crippen molar-refractivity contribution in [3.05, 3.63) is 48.0 Å². The smallest absolute Gasteiger partial charge is 0.112 e. The van der Waals surface area contributed by atoms with Crippen molar-refractivity contribution in [2.45, 2.75) is 19.9 Å². The maximum atomic E-state index is 4.32. The maximum absolute atomic E-state index is 4.32. The third kappa shape index (κ3) is 2.14. The van der Waals surface area contributed by atoms with Gasteiger partial charge in [-0.3, -0.25) is 0 Å². The molecule has 84 valence electrons. The Morgan fingerprint density at radius 1 is 1.25 bits per heavy atom. The first kappa shape index (κ1) is 10.9. The second-order valence-electron chi connectivity index (χ2n) is 3.76. The van der Waals surface area contributed by atoms with Crippen molar-refractivity contribution in [2.24, 2.45) is 0 Å². The zero-order valence-electron chi connectivity index (χ0n) is 9.77. The van der Waals surface area contributed by atoms with Crippen LogP contribution in [-0.4, -0.2) is 16.6 Å². The molecular formula is C13H17N3. The van der Waals surface area contributed by atoms with Gasteiger partial charge < -0.3 is 9.88 Å². The van der Waals surface area contributed by atoms with Crippen molar-refractivity contribution < 1.29 is 0 Å². The summed E-state index contributed by atoms with van der Waals surface area (Å²) in [6.45, 7) is 3.03. The van der Waals surface area contributed by atoms with Crippen molar-refractivity contribution in [1.82, 2.24) is 14.9 Å². The molecule has 1 heterocycles. The van der Waals surface area contributed by atoms with Gasteiger partial charge in [0, 0.05) is 31.0 Å². The summed E-state index contributed by atoms with van der Waals surface area (Å²) in [4.78, 5) is 4.32. The summed E-state index contributed by atoms with van der Waals surface area (Å²) in [6, 6.07) is 8.55. The quantitative estimate of drug-likeness (QED) is 0.847. The van der Waals surface area contributed by atoms with Gasteiger partial charge in [-0.1, -0.05) is 19.1 Å². The molecule has 0 unspecified atom stereocenters. The van der Waals surface area contributed by atoms with Crippen LogP contribution >= 0.6 is 0 Å². The van der Waals surface area contributed by atoms with E-state index in [1.165, 1.54) is 11.3 Å². The molecule has 3 nitrogen and oxygen atoms in total. The number of nitrogens with one attached hydrogen (secondary N) is 1. The van der Waals surface area contributed by atoms with E-state index in [4.69, 9.17) is 0 Å².